The summed E-state index contributed by atoms with van der Waals surface area (Å²) in [5, 5.41) is 3.31. The molecular formula is C12H25NO2. The van der Waals surface area contributed by atoms with Crippen LogP contribution in [0, 0.1) is 5.92 Å². The van der Waals surface area contributed by atoms with Gasteiger partial charge in [0.15, 0.2) is 0 Å². The van der Waals surface area contributed by atoms with Crippen LogP contribution < -0.4 is 5.32 Å². The molecule has 0 aromatic rings. The topological polar surface area (TPSA) is 38.3 Å². The van der Waals surface area contributed by atoms with Gasteiger partial charge in [-0.1, -0.05) is 27.2 Å². The second-order valence-corrected chi connectivity index (χ2v) is 4.28. The first-order valence-electron chi connectivity index (χ1n) is 6.03. The lowest BCUT2D eigenvalue weighted by atomic mass is 10.1. The summed E-state index contributed by atoms with van der Waals surface area (Å²) in [6, 6.07) is 0. The third-order valence-corrected chi connectivity index (χ3v) is 2.04. The van der Waals surface area contributed by atoms with Crippen molar-refractivity contribution in [3.8, 4) is 0 Å². The Labute approximate surface area is 93.6 Å². The maximum absolute atomic E-state index is 11.1. The molecule has 0 aliphatic carbocycles. The zero-order chi connectivity index (χ0) is 11.5. The Balaban J connectivity index is 3.13. The second kappa shape index (κ2) is 9.97. The lowest BCUT2D eigenvalue weighted by Gasteiger charge is -2.07. The van der Waals surface area contributed by atoms with Gasteiger partial charge in [0.05, 0.1) is 6.61 Å². The standard InChI is InChI=1S/C12H25NO2/c1-4-5-7-13-8-6-9-15-12(14)10-11(2)3/h11,13H,4-10H2,1-3H3. The summed E-state index contributed by atoms with van der Waals surface area (Å²) in [6.07, 6.45) is 3.88. The molecule has 0 fully saturated rings. The lowest BCUT2D eigenvalue weighted by molar-refractivity contribution is -0.144. The van der Waals surface area contributed by atoms with Gasteiger partial charge >= 0.3 is 5.97 Å². The summed E-state index contributed by atoms with van der Waals surface area (Å²) in [5.74, 6) is 0.318. The van der Waals surface area contributed by atoms with E-state index in [2.05, 4.69) is 12.2 Å². The monoisotopic (exact) mass is 215 g/mol. The highest BCUT2D eigenvalue weighted by Crippen LogP contribution is 2.00. The molecule has 3 nitrogen and oxygen atoms in total. The minimum Gasteiger partial charge on any atom is -0.466 e. The van der Waals surface area contributed by atoms with E-state index in [9.17, 15) is 4.79 Å². The highest BCUT2D eigenvalue weighted by atomic mass is 16.5. The first kappa shape index (κ1) is 14.4. The second-order valence-electron chi connectivity index (χ2n) is 4.28. The number of hydrogen-bond donors (Lipinski definition) is 1. The van der Waals surface area contributed by atoms with Gasteiger partial charge in [-0.05, 0) is 31.8 Å². The van der Waals surface area contributed by atoms with Crippen molar-refractivity contribution in [2.45, 2.75) is 46.5 Å². The van der Waals surface area contributed by atoms with Crippen molar-refractivity contribution in [1.29, 1.82) is 0 Å². The van der Waals surface area contributed by atoms with Crippen LogP contribution in [0.3, 0.4) is 0 Å². The number of nitrogens with one attached hydrogen (secondary N) is 1. The molecule has 0 aromatic carbocycles. The van der Waals surface area contributed by atoms with Gasteiger partial charge in [-0.2, -0.15) is 0 Å². The number of rotatable bonds is 9. The Morgan fingerprint density at radius 3 is 2.53 bits per heavy atom. The average Bonchev–Trinajstić information content (AvgIpc) is 2.15. The van der Waals surface area contributed by atoms with Crippen LogP contribution in [0.15, 0.2) is 0 Å². The molecule has 0 aliphatic rings. The maximum atomic E-state index is 11.1. The minimum absolute atomic E-state index is 0.0708. The van der Waals surface area contributed by atoms with Gasteiger partial charge in [-0.15, -0.1) is 0 Å². The molecule has 0 bridgehead atoms. The number of hydrogen-bond acceptors (Lipinski definition) is 3. The summed E-state index contributed by atoms with van der Waals surface area (Å²) in [5.41, 5.74) is 0. The molecule has 3 heteroatoms. The molecule has 90 valence electrons. The quantitative estimate of drug-likeness (QED) is 0.474. The molecule has 0 rings (SSSR count). The van der Waals surface area contributed by atoms with E-state index in [-0.39, 0.29) is 5.97 Å². The number of carbonyl (C=O) groups is 1. The highest BCUT2D eigenvalue weighted by molar-refractivity contribution is 5.69. The van der Waals surface area contributed by atoms with Crippen LogP contribution >= 0.6 is 0 Å². The fraction of sp³-hybridized carbons (Fsp3) is 0.917. The van der Waals surface area contributed by atoms with Crippen LogP contribution in [0.2, 0.25) is 0 Å². The Bertz CT molecular complexity index is 158. The minimum atomic E-state index is -0.0708. The average molecular weight is 215 g/mol. The number of carbonyl (C=O) groups excluding carboxylic acids is 1. The third kappa shape index (κ3) is 11.4. The normalized spacial score (nSPS) is 10.7. The van der Waals surface area contributed by atoms with E-state index >= 15 is 0 Å². The Kier molecular flexibility index (Phi) is 9.59. The zero-order valence-electron chi connectivity index (χ0n) is 10.3. The van der Waals surface area contributed by atoms with Crippen molar-refractivity contribution in [3.05, 3.63) is 0 Å². The zero-order valence-corrected chi connectivity index (χ0v) is 10.3. The Hall–Kier alpha value is -0.570. The van der Waals surface area contributed by atoms with Crippen LogP contribution in [-0.4, -0.2) is 25.7 Å². The van der Waals surface area contributed by atoms with Crippen LogP contribution in [0.1, 0.15) is 46.5 Å². The summed E-state index contributed by atoms with van der Waals surface area (Å²) in [7, 11) is 0. The van der Waals surface area contributed by atoms with E-state index < -0.39 is 0 Å². The van der Waals surface area contributed by atoms with Gasteiger partial charge in [0.25, 0.3) is 0 Å². The number of unbranched alkanes of at least 4 members (excludes halogenated alkanes) is 1. The summed E-state index contributed by atoms with van der Waals surface area (Å²) < 4.78 is 5.08. The fourth-order valence-electron chi connectivity index (χ4n) is 1.20. The van der Waals surface area contributed by atoms with Gasteiger partial charge < -0.3 is 10.1 Å². The van der Waals surface area contributed by atoms with Crippen molar-refractivity contribution >= 4 is 5.97 Å². The van der Waals surface area contributed by atoms with Gasteiger partial charge in [-0.25, -0.2) is 0 Å². The molecule has 0 aromatic heterocycles. The van der Waals surface area contributed by atoms with E-state index in [1.807, 2.05) is 13.8 Å². The lowest BCUT2D eigenvalue weighted by Crippen LogP contribution is -2.19. The Morgan fingerprint density at radius 1 is 1.27 bits per heavy atom. The molecule has 0 aliphatic heterocycles. The van der Waals surface area contributed by atoms with Gasteiger partial charge in [0, 0.05) is 6.42 Å². The van der Waals surface area contributed by atoms with E-state index in [4.69, 9.17) is 4.74 Å². The van der Waals surface area contributed by atoms with Crippen LogP contribution in [0.25, 0.3) is 0 Å². The summed E-state index contributed by atoms with van der Waals surface area (Å²) in [4.78, 5) is 11.1. The molecule has 0 heterocycles. The molecule has 0 radical (unpaired) electrons. The molecule has 15 heavy (non-hydrogen) atoms. The van der Waals surface area contributed by atoms with Crippen LogP contribution in [0.4, 0.5) is 0 Å². The van der Waals surface area contributed by atoms with E-state index in [1.54, 1.807) is 0 Å². The Morgan fingerprint density at radius 2 is 1.93 bits per heavy atom. The van der Waals surface area contributed by atoms with Gasteiger partial charge in [0.2, 0.25) is 0 Å². The fourth-order valence-corrected chi connectivity index (χ4v) is 1.20. The van der Waals surface area contributed by atoms with Crippen molar-refractivity contribution in [2.75, 3.05) is 19.7 Å². The van der Waals surface area contributed by atoms with Crippen molar-refractivity contribution in [3.63, 3.8) is 0 Å². The molecular weight excluding hydrogens is 190 g/mol. The van der Waals surface area contributed by atoms with Crippen LogP contribution in [0.5, 0.6) is 0 Å². The first-order chi connectivity index (χ1) is 7.16. The molecule has 0 saturated heterocycles. The van der Waals surface area contributed by atoms with E-state index in [1.165, 1.54) is 12.8 Å². The van der Waals surface area contributed by atoms with E-state index in [0.717, 1.165) is 19.5 Å². The number of ether oxygens (including phenoxy) is 1. The molecule has 0 saturated carbocycles. The summed E-state index contributed by atoms with van der Waals surface area (Å²) >= 11 is 0. The molecule has 0 atom stereocenters. The predicted octanol–water partition coefficient (Wildman–Crippen LogP) is 2.36. The van der Waals surface area contributed by atoms with Gasteiger partial charge in [-0.3, -0.25) is 4.79 Å². The van der Waals surface area contributed by atoms with Crippen LogP contribution in [-0.2, 0) is 9.53 Å². The number of esters is 1. The van der Waals surface area contributed by atoms with Crippen molar-refractivity contribution in [1.82, 2.24) is 5.32 Å². The van der Waals surface area contributed by atoms with Crippen molar-refractivity contribution in [2.24, 2.45) is 5.92 Å². The maximum Gasteiger partial charge on any atom is 0.306 e. The summed E-state index contributed by atoms with van der Waals surface area (Å²) in [6.45, 7) is 8.77. The third-order valence-electron chi connectivity index (χ3n) is 2.04. The highest BCUT2D eigenvalue weighted by Gasteiger charge is 2.04. The largest absolute Gasteiger partial charge is 0.466 e. The van der Waals surface area contributed by atoms with Crippen molar-refractivity contribution < 1.29 is 9.53 Å². The van der Waals surface area contributed by atoms with Gasteiger partial charge in [0.1, 0.15) is 0 Å². The SMILES string of the molecule is CCCCNCCCOC(=O)CC(C)C. The smallest absolute Gasteiger partial charge is 0.306 e. The predicted molar refractivity (Wildman–Crippen MR) is 62.8 cm³/mol. The molecule has 1 N–H and O–H groups in total. The van der Waals surface area contributed by atoms with E-state index in [0.29, 0.717) is 18.9 Å². The molecule has 0 spiro atoms. The first-order valence-corrected chi connectivity index (χ1v) is 6.03. The molecule has 0 unspecified atom stereocenters. The molecule has 0 amide bonds.